The quantitative estimate of drug-likeness (QED) is 0.373. The molecule has 1 rings (SSSR count). The van der Waals surface area contributed by atoms with Crippen molar-refractivity contribution in [2.24, 2.45) is 0 Å². The number of rotatable bonds is 14. The molecule has 0 saturated carbocycles. The van der Waals surface area contributed by atoms with Crippen LogP contribution in [0.3, 0.4) is 0 Å². The van der Waals surface area contributed by atoms with E-state index in [1.165, 1.54) is 35.7 Å². The minimum absolute atomic E-state index is 0.00669. The van der Waals surface area contributed by atoms with Crippen LogP contribution in [0, 0.1) is 0 Å². The fraction of sp³-hybridized carbons (Fsp3) is 0.545. The van der Waals surface area contributed by atoms with Gasteiger partial charge >= 0.3 is 23.9 Å². The molecule has 1 aromatic rings. The predicted molar refractivity (Wildman–Crippen MR) is 125 cm³/mol. The highest BCUT2D eigenvalue weighted by molar-refractivity contribution is 8.01. The second-order valence-corrected chi connectivity index (χ2v) is 11.0. The maximum absolute atomic E-state index is 12.5. The number of hydrogen-bond acceptors (Lipinski definition) is 8. The van der Waals surface area contributed by atoms with Crippen molar-refractivity contribution >= 4 is 47.4 Å². The monoisotopic (exact) mass is 486 g/mol. The van der Waals surface area contributed by atoms with E-state index >= 15 is 0 Å². The molecule has 2 atom stereocenters. The van der Waals surface area contributed by atoms with Crippen LogP contribution in [0.1, 0.15) is 61.3 Å². The predicted octanol–water partition coefficient (Wildman–Crippen LogP) is 3.97. The summed E-state index contributed by atoms with van der Waals surface area (Å²) < 4.78 is 10.4. The Morgan fingerprint density at radius 3 is 1.38 bits per heavy atom. The lowest BCUT2D eigenvalue weighted by molar-refractivity contribution is -0.137. The van der Waals surface area contributed by atoms with Gasteiger partial charge in [-0.2, -0.15) is 0 Å². The van der Waals surface area contributed by atoms with Crippen molar-refractivity contribution in [1.82, 2.24) is 0 Å². The van der Waals surface area contributed by atoms with Crippen LogP contribution >= 0.6 is 23.5 Å². The summed E-state index contributed by atoms with van der Waals surface area (Å²) in [6.45, 7) is 7.32. The van der Waals surface area contributed by atoms with E-state index in [1.807, 2.05) is 27.7 Å². The Morgan fingerprint density at radius 2 is 1.09 bits per heavy atom. The van der Waals surface area contributed by atoms with Crippen LogP contribution in [0.15, 0.2) is 24.3 Å². The van der Waals surface area contributed by atoms with Crippen LogP contribution in [-0.2, 0) is 19.1 Å². The summed E-state index contributed by atoms with van der Waals surface area (Å²) in [6.07, 6.45) is 0.279. The lowest BCUT2D eigenvalue weighted by Crippen LogP contribution is -2.23. The highest BCUT2D eigenvalue weighted by Gasteiger charge is 2.24. The van der Waals surface area contributed by atoms with Gasteiger partial charge in [-0.3, -0.25) is 9.59 Å². The summed E-state index contributed by atoms with van der Waals surface area (Å²) in [6, 6.07) is 5.99. The normalized spacial score (nSPS) is 12.9. The van der Waals surface area contributed by atoms with Crippen LogP contribution in [0.2, 0.25) is 0 Å². The fourth-order valence-electron chi connectivity index (χ4n) is 2.67. The third-order valence-electron chi connectivity index (χ3n) is 4.02. The molecule has 0 aromatic heterocycles. The van der Waals surface area contributed by atoms with Gasteiger partial charge in [0.2, 0.25) is 0 Å². The van der Waals surface area contributed by atoms with Gasteiger partial charge in [0, 0.05) is 12.8 Å². The van der Waals surface area contributed by atoms with E-state index in [0.29, 0.717) is 0 Å². The molecule has 1 aromatic carbocycles. The summed E-state index contributed by atoms with van der Waals surface area (Å²) in [4.78, 5) is 47.6. The van der Waals surface area contributed by atoms with Crippen molar-refractivity contribution in [3.63, 3.8) is 0 Å². The molecule has 0 spiro atoms. The molecule has 0 saturated heterocycles. The molecule has 0 heterocycles. The van der Waals surface area contributed by atoms with Crippen molar-refractivity contribution in [1.29, 1.82) is 0 Å². The zero-order valence-corrected chi connectivity index (χ0v) is 20.2. The summed E-state index contributed by atoms with van der Waals surface area (Å²) in [7, 11) is 0. The molecule has 2 unspecified atom stereocenters. The molecule has 2 N–H and O–H groups in total. The van der Waals surface area contributed by atoms with Crippen LogP contribution in [0.5, 0.6) is 0 Å². The molecule has 8 nitrogen and oxygen atoms in total. The summed E-state index contributed by atoms with van der Waals surface area (Å²) in [5.74, 6) is -3.46. The number of carbonyl (C=O) groups excluding carboxylic acids is 2. The highest BCUT2D eigenvalue weighted by Crippen LogP contribution is 2.22. The summed E-state index contributed by atoms with van der Waals surface area (Å²) >= 11 is 2.54. The van der Waals surface area contributed by atoms with Crippen LogP contribution in [0.25, 0.3) is 0 Å². The molecular formula is C22H30O8S2. The number of carbonyl (C=O) groups is 4. The maximum Gasteiger partial charge on any atom is 0.339 e. The second-order valence-electron chi connectivity index (χ2n) is 7.42. The van der Waals surface area contributed by atoms with E-state index in [4.69, 9.17) is 9.47 Å². The van der Waals surface area contributed by atoms with Gasteiger partial charge in [0.25, 0.3) is 0 Å². The standard InChI is InChI=1S/C22H30O8S2/c1-13(2)31-17(19(23)24)9-11-29-21(27)15-7-5-6-8-16(15)22(28)30-12-10-18(20(25)26)32-14(3)4/h5-8,13-14,17-18H,9-12H2,1-4H3,(H,23,24)(H,25,26). The van der Waals surface area contributed by atoms with E-state index in [1.54, 1.807) is 12.1 Å². The molecular weight excluding hydrogens is 456 g/mol. The number of carboxylic acids is 2. The van der Waals surface area contributed by atoms with Crippen molar-refractivity contribution in [2.45, 2.75) is 61.5 Å². The lowest BCUT2D eigenvalue weighted by atomic mass is 10.1. The minimum atomic E-state index is -0.973. The third kappa shape index (κ3) is 9.95. The van der Waals surface area contributed by atoms with Crippen molar-refractivity contribution in [3.8, 4) is 0 Å². The average Bonchev–Trinajstić information content (AvgIpc) is 2.71. The Morgan fingerprint density at radius 1 is 0.750 bits per heavy atom. The first kappa shape index (κ1) is 27.8. The fourth-order valence-corrected chi connectivity index (χ4v) is 4.68. The van der Waals surface area contributed by atoms with Gasteiger partial charge in [0.15, 0.2) is 0 Å². The molecule has 0 bridgehead atoms. The smallest absolute Gasteiger partial charge is 0.339 e. The second kappa shape index (κ2) is 14.1. The van der Waals surface area contributed by atoms with Crippen LogP contribution in [0.4, 0.5) is 0 Å². The Kier molecular flexibility index (Phi) is 12.2. The Bertz CT molecular complexity index is 729. The van der Waals surface area contributed by atoms with Gasteiger partial charge in [-0.15, -0.1) is 23.5 Å². The Hall–Kier alpha value is -2.20. The van der Waals surface area contributed by atoms with Crippen molar-refractivity contribution in [2.75, 3.05) is 13.2 Å². The number of carboxylic acid groups (broad SMARTS) is 2. The SMILES string of the molecule is CC(C)SC(CCOC(=O)c1ccccc1C(=O)OCCC(SC(C)C)C(=O)O)C(=O)O. The van der Waals surface area contributed by atoms with E-state index in [0.717, 1.165) is 0 Å². The molecule has 10 heteroatoms. The first-order valence-electron chi connectivity index (χ1n) is 10.2. The molecule has 0 radical (unpaired) electrons. The lowest BCUT2D eigenvalue weighted by Gasteiger charge is -2.15. The first-order chi connectivity index (χ1) is 15.0. The van der Waals surface area contributed by atoms with Crippen LogP contribution < -0.4 is 0 Å². The van der Waals surface area contributed by atoms with Gasteiger partial charge in [-0.05, 0) is 22.6 Å². The van der Waals surface area contributed by atoms with Gasteiger partial charge in [0.1, 0.15) is 10.5 Å². The van der Waals surface area contributed by atoms with Crippen molar-refractivity contribution < 1.29 is 38.9 Å². The molecule has 0 amide bonds. The third-order valence-corrected chi connectivity index (χ3v) is 6.64. The molecule has 0 aliphatic carbocycles. The summed E-state index contributed by atoms with van der Waals surface area (Å²) in [5, 5.41) is 17.4. The van der Waals surface area contributed by atoms with Gasteiger partial charge in [-0.25, -0.2) is 9.59 Å². The minimum Gasteiger partial charge on any atom is -0.480 e. The topological polar surface area (TPSA) is 127 Å². The molecule has 0 fully saturated rings. The molecule has 178 valence electrons. The number of aliphatic carboxylic acids is 2. The van der Waals surface area contributed by atoms with Crippen LogP contribution in [-0.4, -0.2) is 68.3 Å². The zero-order chi connectivity index (χ0) is 24.3. The first-order valence-corrected chi connectivity index (χ1v) is 12.1. The van der Waals surface area contributed by atoms with E-state index in [9.17, 15) is 29.4 Å². The van der Waals surface area contributed by atoms with Gasteiger partial charge < -0.3 is 19.7 Å². The molecule has 32 heavy (non-hydrogen) atoms. The molecule has 0 aliphatic rings. The van der Waals surface area contributed by atoms with Gasteiger partial charge in [0.05, 0.1) is 24.3 Å². The van der Waals surface area contributed by atoms with E-state index < -0.39 is 34.4 Å². The number of ether oxygens (including phenoxy) is 2. The Balaban J connectivity index is 2.69. The van der Waals surface area contributed by atoms with E-state index in [-0.39, 0.29) is 47.7 Å². The zero-order valence-electron chi connectivity index (χ0n) is 18.6. The van der Waals surface area contributed by atoms with Gasteiger partial charge in [-0.1, -0.05) is 39.8 Å². The number of benzene rings is 1. The number of thioether (sulfide) groups is 2. The van der Waals surface area contributed by atoms with E-state index in [2.05, 4.69) is 0 Å². The Labute approximate surface area is 196 Å². The highest BCUT2D eigenvalue weighted by atomic mass is 32.2. The van der Waals surface area contributed by atoms with Crippen molar-refractivity contribution in [3.05, 3.63) is 35.4 Å². The summed E-state index contributed by atoms with van der Waals surface area (Å²) in [5.41, 5.74) is 0.0134. The molecule has 0 aliphatic heterocycles. The average molecular weight is 487 g/mol. The number of esters is 2. The number of hydrogen-bond donors (Lipinski definition) is 2. The largest absolute Gasteiger partial charge is 0.480 e. The maximum atomic E-state index is 12.5.